The number of methoxy groups -OCH3 is 1. The molecule has 0 spiro atoms. The Morgan fingerprint density at radius 1 is 1.29 bits per heavy atom. The highest BCUT2D eigenvalue weighted by Gasteiger charge is 2.23. The van der Waals surface area contributed by atoms with Gasteiger partial charge in [-0.2, -0.15) is 0 Å². The minimum atomic E-state index is 0.430. The number of aromatic nitrogens is 4. The SMILES string of the molecule is COCCN1CCC[C@H](c2cc(Nc3cnccn3)nc(C)n2)C1. The van der Waals surface area contributed by atoms with Crippen molar-refractivity contribution >= 4 is 11.6 Å². The van der Waals surface area contributed by atoms with Gasteiger partial charge in [-0.05, 0) is 26.3 Å². The van der Waals surface area contributed by atoms with Gasteiger partial charge < -0.3 is 15.0 Å². The lowest BCUT2D eigenvalue weighted by Gasteiger charge is -2.32. The molecule has 0 saturated carbocycles. The Labute approximate surface area is 142 Å². The lowest BCUT2D eigenvalue weighted by atomic mass is 9.94. The maximum absolute atomic E-state index is 5.20. The second kappa shape index (κ2) is 8.12. The number of nitrogens with one attached hydrogen (secondary N) is 1. The second-order valence-corrected chi connectivity index (χ2v) is 6.07. The third-order valence-corrected chi connectivity index (χ3v) is 4.21. The van der Waals surface area contributed by atoms with Crippen LogP contribution < -0.4 is 5.32 Å². The Balaban J connectivity index is 1.73. The van der Waals surface area contributed by atoms with Gasteiger partial charge in [-0.25, -0.2) is 15.0 Å². The van der Waals surface area contributed by atoms with Crippen molar-refractivity contribution in [1.29, 1.82) is 0 Å². The van der Waals surface area contributed by atoms with Crippen LogP contribution in [-0.2, 0) is 4.74 Å². The molecule has 1 fully saturated rings. The van der Waals surface area contributed by atoms with Crippen LogP contribution in [0.1, 0.15) is 30.3 Å². The quantitative estimate of drug-likeness (QED) is 0.870. The van der Waals surface area contributed by atoms with Crippen molar-refractivity contribution in [3.8, 4) is 0 Å². The molecule has 0 aromatic carbocycles. The van der Waals surface area contributed by atoms with Gasteiger partial charge in [0.1, 0.15) is 17.5 Å². The molecule has 1 atom stereocenters. The molecule has 0 amide bonds. The van der Waals surface area contributed by atoms with Crippen LogP contribution in [0.3, 0.4) is 0 Å². The average molecular weight is 328 g/mol. The van der Waals surface area contributed by atoms with E-state index in [9.17, 15) is 0 Å². The first-order valence-electron chi connectivity index (χ1n) is 8.34. The standard InChI is InChI=1S/C17H24N6O/c1-13-20-15(14-4-3-7-23(12-14)8-9-24-2)10-16(21-13)22-17-11-18-5-6-19-17/h5-6,10-11,14H,3-4,7-9,12H2,1-2H3,(H,19,20,21,22)/t14-/m0/s1. The topological polar surface area (TPSA) is 76.1 Å². The maximum Gasteiger partial charge on any atom is 0.150 e. The summed E-state index contributed by atoms with van der Waals surface area (Å²) in [4.78, 5) is 19.9. The van der Waals surface area contributed by atoms with E-state index in [1.807, 2.05) is 13.0 Å². The van der Waals surface area contributed by atoms with Gasteiger partial charge in [0.05, 0.1) is 18.5 Å². The van der Waals surface area contributed by atoms with Crippen LogP contribution in [0.15, 0.2) is 24.7 Å². The van der Waals surface area contributed by atoms with Crippen LogP contribution in [0, 0.1) is 6.92 Å². The summed E-state index contributed by atoms with van der Waals surface area (Å²) >= 11 is 0. The number of ether oxygens (including phenoxy) is 1. The Kier molecular flexibility index (Phi) is 5.66. The van der Waals surface area contributed by atoms with Crippen molar-refractivity contribution in [3.05, 3.63) is 36.2 Å². The summed E-state index contributed by atoms with van der Waals surface area (Å²) in [6, 6.07) is 2.03. The molecule has 7 heteroatoms. The summed E-state index contributed by atoms with van der Waals surface area (Å²) in [6.45, 7) is 5.83. The number of likely N-dealkylation sites (tertiary alicyclic amines) is 1. The zero-order valence-electron chi connectivity index (χ0n) is 14.3. The number of aryl methyl sites for hydroxylation is 1. The molecule has 3 rings (SSSR count). The molecule has 1 saturated heterocycles. The Morgan fingerprint density at radius 3 is 3.00 bits per heavy atom. The average Bonchev–Trinajstić information content (AvgIpc) is 2.60. The number of anilines is 2. The van der Waals surface area contributed by atoms with Crippen LogP contribution in [0.25, 0.3) is 0 Å². The first kappa shape index (κ1) is 16.7. The van der Waals surface area contributed by atoms with E-state index in [-0.39, 0.29) is 0 Å². The summed E-state index contributed by atoms with van der Waals surface area (Å²) in [5.74, 6) is 2.66. The van der Waals surface area contributed by atoms with Gasteiger partial charge in [0.15, 0.2) is 0 Å². The minimum Gasteiger partial charge on any atom is -0.383 e. The van der Waals surface area contributed by atoms with E-state index in [0.29, 0.717) is 11.7 Å². The van der Waals surface area contributed by atoms with Crippen molar-refractivity contribution in [3.63, 3.8) is 0 Å². The highest BCUT2D eigenvalue weighted by molar-refractivity contribution is 5.50. The van der Waals surface area contributed by atoms with Crippen LogP contribution in [-0.4, -0.2) is 58.2 Å². The molecular formula is C17H24N6O. The first-order valence-corrected chi connectivity index (χ1v) is 8.34. The molecular weight excluding hydrogens is 304 g/mol. The molecule has 1 aliphatic rings. The molecule has 2 aromatic rings. The fourth-order valence-electron chi connectivity index (χ4n) is 3.08. The first-order chi connectivity index (χ1) is 11.7. The van der Waals surface area contributed by atoms with Crippen LogP contribution in [0.4, 0.5) is 11.6 Å². The molecule has 128 valence electrons. The number of piperidine rings is 1. The van der Waals surface area contributed by atoms with Gasteiger partial charge in [-0.15, -0.1) is 0 Å². The molecule has 0 bridgehead atoms. The molecule has 2 aromatic heterocycles. The molecule has 24 heavy (non-hydrogen) atoms. The lowest BCUT2D eigenvalue weighted by molar-refractivity contribution is 0.127. The maximum atomic E-state index is 5.20. The van der Waals surface area contributed by atoms with Gasteiger partial charge in [-0.3, -0.25) is 4.98 Å². The third kappa shape index (κ3) is 4.46. The van der Waals surface area contributed by atoms with Crippen molar-refractivity contribution in [2.45, 2.75) is 25.7 Å². The van der Waals surface area contributed by atoms with Crippen LogP contribution in [0.2, 0.25) is 0 Å². The van der Waals surface area contributed by atoms with E-state index in [2.05, 4.69) is 30.2 Å². The minimum absolute atomic E-state index is 0.430. The smallest absolute Gasteiger partial charge is 0.150 e. The Hall–Kier alpha value is -2.12. The van der Waals surface area contributed by atoms with Crippen molar-refractivity contribution in [2.75, 3.05) is 38.7 Å². The summed E-state index contributed by atoms with van der Waals surface area (Å²) < 4.78 is 5.20. The molecule has 3 heterocycles. The highest BCUT2D eigenvalue weighted by Crippen LogP contribution is 2.27. The fourth-order valence-corrected chi connectivity index (χ4v) is 3.08. The Bertz CT molecular complexity index is 651. The van der Waals surface area contributed by atoms with E-state index in [1.165, 1.54) is 6.42 Å². The molecule has 0 radical (unpaired) electrons. The van der Waals surface area contributed by atoms with E-state index in [0.717, 1.165) is 50.0 Å². The van der Waals surface area contributed by atoms with E-state index in [4.69, 9.17) is 4.74 Å². The van der Waals surface area contributed by atoms with Crippen molar-refractivity contribution < 1.29 is 4.74 Å². The lowest BCUT2D eigenvalue weighted by Crippen LogP contribution is -2.36. The predicted molar refractivity (Wildman–Crippen MR) is 92.4 cm³/mol. The zero-order chi connectivity index (χ0) is 16.8. The van der Waals surface area contributed by atoms with Gasteiger partial charge in [0, 0.05) is 44.6 Å². The van der Waals surface area contributed by atoms with Crippen molar-refractivity contribution in [2.24, 2.45) is 0 Å². The fraction of sp³-hybridized carbons (Fsp3) is 0.529. The summed E-state index contributed by atoms with van der Waals surface area (Å²) in [7, 11) is 1.75. The summed E-state index contributed by atoms with van der Waals surface area (Å²) in [5, 5.41) is 3.21. The largest absolute Gasteiger partial charge is 0.383 e. The van der Waals surface area contributed by atoms with Crippen LogP contribution >= 0.6 is 0 Å². The number of hydrogen-bond acceptors (Lipinski definition) is 7. The normalized spacial score (nSPS) is 18.5. The van der Waals surface area contributed by atoms with Gasteiger partial charge in [-0.1, -0.05) is 0 Å². The monoisotopic (exact) mass is 328 g/mol. The highest BCUT2D eigenvalue weighted by atomic mass is 16.5. The van der Waals surface area contributed by atoms with E-state index in [1.54, 1.807) is 25.7 Å². The summed E-state index contributed by atoms with van der Waals surface area (Å²) in [6.07, 6.45) is 7.34. The number of rotatable bonds is 6. The second-order valence-electron chi connectivity index (χ2n) is 6.07. The molecule has 0 aliphatic carbocycles. The van der Waals surface area contributed by atoms with E-state index < -0.39 is 0 Å². The molecule has 7 nitrogen and oxygen atoms in total. The summed E-state index contributed by atoms with van der Waals surface area (Å²) in [5.41, 5.74) is 1.09. The Morgan fingerprint density at radius 2 is 2.21 bits per heavy atom. The number of nitrogens with zero attached hydrogens (tertiary/aromatic N) is 5. The van der Waals surface area contributed by atoms with Gasteiger partial charge in [0.2, 0.25) is 0 Å². The van der Waals surface area contributed by atoms with Crippen molar-refractivity contribution in [1.82, 2.24) is 24.8 Å². The van der Waals surface area contributed by atoms with Gasteiger partial charge in [0.25, 0.3) is 0 Å². The molecule has 1 aliphatic heterocycles. The van der Waals surface area contributed by atoms with E-state index >= 15 is 0 Å². The molecule has 1 N–H and O–H groups in total. The predicted octanol–water partition coefficient (Wildman–Crippen LogP) is 2.14. The van der Waals surface area contributed by atoms with Crippen LogP contribution in [0.5, 0.6) is 0 Å². The van der Waals surface area contributed by atoms with Gasteiger partial charge >= 0.3 is 0 Å². The third-order valence-electron chi connectivity index (χ3n) is 4.21. The number of hydrogen-bond donors (Lipinski definition) is 1. The zero-order valence-corrected chi connectivity index (χ0v) is 14.3. The molecule has 0 unspecified atom stereocenters.